The predicted octanol–water partition coefficient (Wildman–Crippen LogP) is 7.05. The number of rotatable bonds is 10. The van der Waals surface area contributed by atoms with Crippen molar-refractivity contribution < 1.29 is 14.4 Å². The number of fused-ring (bicyclic) bond motifs is 1. The maximum Gasteiger partial charge on any atom is 0.272 e. The summed E-state index contributed by atoms with van der Waals surface area (Å²) in [6, 6.07) is 37.4. The van der Waals surface area contributed by atoms with Crippen molar-refractivity contribution in [1.82, 2.24) is 5.32 Å². The normalized spacial score (nSPS) is 11.1. The van der Waals surface area contributed by atoms with Crippen LogP contribution in [-0.2, 0) is 9.59 Å². The Bertz CT molecular complexity index is 1820. The molecule has 5 aromatic carbocycles. The standard InChI is InChI=1S/C36H32N4O3S/c1-40(2)31-19-15-25(16-20-31)21-33(39-35(42)27-10-4-3-5-11-27)36(43)38-29-13-8-14-32(23-29)44-24-34(41)37-30-18-17-26-9-6-7-12-28(26)22-30/h3-23H,24H2,1-2H3,(H,37,41)(H,38,43)(H,39,42)/b33-21+. The van der Waals surface area contributed by atoms with Gasteiger partial charge in [-0.05, 0) is 77.0 Å². The molecule has 0 fully saturated rings. The summed E-state index contributed by atoms with van der Waals surface area (Å²) in [5.74, 6) is -0.791. The predicted molar refractivity (Wildman–Crippen MR) is 181 cm³/mol. The van der Waals surface area contributed by atoms with Crippen LogP contribution in [0.5, 0.6) is 0 Å². The molecule has 0 heterocycles. The van der Waals surface area contributed by atoms with Gasteiger partial charge in [-0.25, -0.2) is 0 Å². The van der Waals surface area contributed by atoms with Gasteiger partial charge in [-0.1, -0.05) is 66.7 Å². The molecule has 0 atom stereocenters. The van der Waals surface area contributed by atoms with Gasteiger partial charge >= 0.3 is 0 Å². The van der Waals surface area contributed by atoms with E-state index in [0.29, 0.717) is 11.3 Å². The molecule has 0 radical (unpaired) electrons. The first kappa shape index (κ1) is 30.1. The van der Waals surface area contributed by atoms with Crippen molar-refractivity contribution in [3.8, 4) is 0 Å². The van der Waals surface area contributed by atoms with E-state index in [-0.39, 0.29) is 17.4 Å². The molecule has 3 amide bonds. The summed E-state index contributed by atoms with van der Waals surface area (Å²) in [7, 11) is 3.90. The Labute approximate surface area is 261 Å². The van der Waals surface area contributed by atoms with Crippen LogP contribution in [0.4, 0.5) is 17.1 Å². The molecule has 0 aliphatic rings. The third kappa shape index (κ3) is 8.14. The Morgan fingerprint density at radius 1 is 0.705 bits per heavy atom. The molecule has 0 aliphatic heterocycles. The second-order valence-corrected chi connectivity index (χ2v) is 11.3. The van der Waals surface area contributed by atoms with Crippen molar-refractivity contribution >= 4 is 63.4 Å². The van der Waals surface area contributed by atoms with Crippen molar-refractivity contribution in [2.45, 2.75) is 4.90 Å². The van der Waals surface area contributed by atoms with Crippen LogP contribution in [0.15, 0.2) is 132 Å². The van der Waals surface area contributed by atoms with Crippen LogP contribution in [-0.4, -0.2) is 37.6 Å². The molecule has 3 N–H and O–H groups in total. The van der Waals surface area contributed by atoms with Gasteiger partial charge in [-0.2, -0.15) is 0 Å². The molecule has 5 aromatic rings. The van der Waals surface area contributed by atoms with Crippen molar-refractivity contribution in [3.63, 3.8) is 0 Å². The highest BCUT2D eigenvalue weighted by Gasteiger charge is 2.16. The molecular formula is C36H32N4O3S. The SMILES string of the molecule is CN(C)c1ccc(/C=C(/NC(=O)c2ccccc2)C(=O)Nc2cccc(SCC(=O)Nc3ccc4ccccc4c3)c2)cc1. The molecule has 0 aliphatic carbocycles. The summed E-state index contributed by atoms with van der Waals surface area (Å²) >= 11 is 1.36. The van der Waals surface area contributed by atoms with Crippen molar-refractivity contribution in [2.75, 3.05) is 35.4 Å². The maximum absolute atomic E-state index is 13.5. The lowest BCUT2D eigenvalue weighted by molar-refractivity contribution is -0.114. The summed E-state index contributed by atoms with van der Waals surface area (Å²) in [5.41, 5.74) is 3.60. The minimum absolute atomic E-state index is 0.101. The van der Waals surface area contributed by atoms with Gasteiger partial charge in [0.15, 0.2) is 0 Å². The fraction of sp³-hybridized carbons (Fsp3) is 0.0833. The number of amides is 3. The molecule has 0 saturated heterocycles. The lowest BCUT2D eigenvalue weighted by Gasteiger charge is -2.14. The number of hydrogen-bond donors (Lipinski definition) is 3. The van der Waals surface area contributed by atoms with E-state index in [2.05, 4.69) is 16.0 Å². The molecule has 8 heteroatoms. The van der Waals surface area contributed by atoms with Gasteiger partial charge < -0.3 is 20.9 Å². The Morgan fingerprint density at radius 2 is 1.41 bits per heavy atom. The highest BCUT2D eigenvalue weighted by Crippen LogP contribution is 2.24. The summed E-state index contributed by atoms with van der Waals surface area (Å²) in [4.78, 5) is 41.9. The van der Waals surface area contributed by atoms with E-state index >= 15 is 0 Å². The van der Waals surface area contributed by atoms with Crippen LogP contribution in [0.25, 0.3) is 16.8 Å². The monoisotopic (exact) mass is 600 g/mol. The molecule has 220 valence electrons. The number of thioether (sulfide) groups is 1. The van der Waals surface area contributed by atoms with Crippen LogP contribution in [0.3, 0.4) is 0 Å². The molecule has 0 spiro atoms. The van der Waals surface area contributed by atoms with E-state index in [0.717, 1.165) is 32.6 Å². The number of carbonyl (C=O) groups excluding carboxylic acids is 3. The average molecular weight is 601 g/mol. The van der Waals surface area contributed by atoms with Crippen molar-refractivity contribution in [3.05, 3.63) is 138 Å². The van der Waals surface area contributed by atoms with Crippen LogP contribution in [0.2, 0.25) is 0 Å². The van der Waals surface area contributed by atoms with Gasteiger partial charge in [0.25, 0.3) is 11.8 Å². The quantitative estimate of drug-likeness (QED) is 0.118. The zero-order chi connectivity index (χ0) is 30.9. The molecule has 7 nitrogen and oxygen atoms in total. The minimum Gasteiger partial charge on any atom is -0.378 e. The zero-order valence-corrected chi connectivity index (χ0v) is 25.2. The van der Waals surface area contributed by atoms with E-state index < -0.39 is 11.8 Å². The summed E-state index contributed by atoms with van der Waals surface area (Å²) in [5, 5.41) is 10.8. The third-order valence-corrected chi connectivity index (χ3v) is 7.74. The summed E-state index contributed by atoms with van der Waals surface area (Å²) in [6.07, 6.45) is 1.64. The number of nitrogens with zero attached hydrogens (tertiary/aromatic N) is 1. The van der Waals surface area contributed by atoms with E-state index in [4.69, 9.17) is 0 Å². The Kier molecular flexibility index (Phi) is 9.74. The van der Waals surface area contributed by atoms with Gasteiger partial charge in [-0.3, -0.25) is 14.4 Å². The van der Waals surface area contributed by atoms with Gasteiger partial charge in [0.05, 0.1) is 5.75 Å². The van der Waals surface area contributed by atoms with Gasteiger partial charge in [0, 0.05) is 41.6 Å². The second kappa shape index (κ2) is 14.2. The van der Waals surface area contributed by atoms with E-state index in [1.54, 1.807) is 42.5 Å². The van der Waals surface area contributed by atoms with E-state index in [1.165, 1.54) is 11.8 Å². The number of benzene rings is 5. The van der Waals surface area contributed by atoms with Crippen LogP contribution < -0.4 is 20.9 Å². The number of anilines is 3. The largest absolute Gasteiger partial charge is 0.378 e. The molecule has 44 heavy (non-hydrogen) atoms. The Morgan fingerprint density at radius 3 is 2.16 bits per heavy atom. The fourth-order valence-electron chi connectivity index (χ4n) is 4.45. The van der Waals surface area contributed by atoms with Gasteiger partial charge in [0.2, 0.25) is 5.91 Å². The molecule has 0 bridgehead atoms. The maximum atomic E-state index is 13.5. The third-order valence-electron chi connectivity index (χ3n) is 6.74. The highest BCUT2D eigenvalue weighted by molar-refractivity contribution is 8.00. The highest BCUT2D eigenvalue weighted by atomic mass is 32.2. The lowest BCUT2D eigenvalue weighted by atomic mass is 10.1. The van der Waals surface area contributed by atoms with Crippen LogP contribution in [0.1, 0.15) is 15.9 Å². The van der Waals surface area contributed by atoms with Crippen LogP contribution >= 0.6 is 11.8 Å². The smallest absolute Gasteiger partial charge is 0.272 e. The summed E-state index contributed by atoms with van der Waals surface area (Å²) < 4.78 is 0. The lowest BCUT2D eigenvalue weighted by Crippen LogP contribution is -2.30. The second-order valence-electron chi connectivity index (χ2n) is 10.2. The molecule has 0 aromatic heterocycles. The molecule has 0 saturated carbocycles. The first-order valence-corrected chi connectivity index (χ1v) is 15.0. The number of nitrogens with one attached hydrogen (secondary N) is 3. The van der Waals surface area contributed by atoms with Crippen LogP contribution in [0, 0.1) is 0 Å². The fourth-order valence-corrected chi connectivity index (χ4v) is 5.21. The Hall–Kier alpha value is -5.34. The first-order valence-electron chi connectivity index (χ1n) is 14.0. The first-order chi connectivity index (χ1) is 21.3. The van der Waals surface area contributed by atoms with Gasteiger partial charge in [0.1, 0.15) is 5.70 Å². The molecular weight excluding hydrogens is 568 g/mol. The van der Waals surface area contributed by atoms with E-state index in [1.807, 2.05) is 104 Å². The number of carbonyl (C=O) groups is 3. The van der Waals surface area contributed by atoms with Crippen molar-refractivity contribution in [2.24, 2.45) is 0 Å². The zero-order valence-electron chi connectivity index (χ0n) is 24.4. The molecule has 0 unspecified atom stereocenters. The van der Waals surface area contributed by atoms with Crippen molar-refractivity contribution in [1.29, 1.82) is 0 Å². The number of hydrogen-bond acceptors (Lipinski definition) is 5. The Balaban J connectivity index is 1.26. The summed E-state index contributed by atoms with van der Waals surface area (Å²) in [6.45, 7) is 0. The topological polar surface area (TPSA) is 90.5 Å². The van der Waals surface area contributed by atoms with Gasteiger partial charge in [-0.15, -0.1) is 11.8 Å². The molecule has 5 rings (SSSR count). The minimum atomic E-state index is -0.470. The average Bonchev–Trinajstić information content (AvgIpc) is 3.04. The van der Waals surface area contributed by atoms with E-state index in [9.17, 15) is 14.4 Å².